The number of anilines is 1. The Kier molecular flexibility index (Phi) is 8.99. The van der Waals surface area contributed by atoms with E-state index >= 15 is 0 Å². The van der Waals surface area contributed by atoms with Gasteiger partial charge in [0.25, 0.3) is 0 Å². The average Bonchev–Trinajstić information content (AvgIpc) is 2.73. The Hall–Kier alpha value is -2.94. The number of hydrogen-bond donors (Lipinski definition) is 1. The number of halogens is 1. The summed E-state index contributed by atoms with van der Waals surface area (Å²) in [7, 11) is -3.89. The molecule has 1 unspecified atom stereocenters. The van der Waals surface area contributed by atoms with Crippen LogP contribution >= 0.6 is 0 Å². The zero-order chi connectivity index (χ0) is 24.8. The minimum absolute atomic E-state index is 0.0399. The zero-order valence-electron chi connectivity index (χ0n) is 19.7. The molecule has 2 rings (SSSR count). The highest BCUT2D eigenvalue weighted by molar-refractivity contribution is 7.92. The third-order valence-electron chi connectivity index (χ3n) is 5.10. The number of sulfonamides is 1. The number of aryl methyl sites for hydroxylation is 1. The molecule has 1 atom stereocenters. The van der Waals surface area contributed by atoms with Crippen LogP contribution < -0.4 is 9.62 Å². The predicted octanol–water partition coefficient (Wildman–Crippen LogP) is 3.09. The number of amides is 2. The predicted molar refractivity (Wildman–Crippen MR) is 128 cm³/mol. The van der Waals surface area contributed by atoms with Crippen molar-refractivity contribution in [2.24, 2.45) is 5.92 Å². The molecule has 33 heavy (non-hydrogen) atoms. The van der Waals surface area contributed by atoms with Crippen LogP contribution in [0.5, 0.6) is 0 Å². The van der Waals surface area contributed by atoms with E-state index in [1.165, 1.54) is 23.1 Å². The lowest BCUT2D eigenvalue weighted by Gasteiger charge is -2.31. The molecule has 0 aliphatic heterocycles. The van der Waals surface area contributed by atoms with Crippen molar-refractivity contribution in [2.75, 3.05) is 23.7 Å². The molecule has 0 aliphatic carbocycles. The Bertz CT molecular complexity index is 1070. The number of carbonyl (C=O) groups excluding carboxylic acids is 2. The number of hydrogen-bond acceptors (Lipinski definition) is 4. The van der Waals surface area contributed by atoms with Gasteiger partial charge in [-0.25, -0.2) is 12.8 Å². The van der Waals surface area contributed by atoms with Crippen LogP contribution in [0, 0.1) is 18.7 Å². The summed E-state index contributed by atoms with van der Waals surface area (Å²) in [5.41, 5.74) is 1.89. The van der Waals surface area contributed by atoms with E-state index in [9.17, 15) is 22.4 Å². The summed E-state index contributed by atoms with van der Waals surface area (Å²) in [6, 6.07) is 11.7. The molecular weight excluding hydrogens is 445 g/mol. The zero-order valence-corrected chi connectivity index (χ0v) is 20.5. The Morgan fingerprint density at radius 1 is 1.06 bits per heavy atom. The van der Waals surface area contributed by atoms with Gasteiger partial charge in [0.2, 0.25) is 21.8 Å². The SMILES string of the molecule is Cc1ccc(CN(C(=O)CN(c2cccc(F)c2)S(C)(=O)=O)C(C)C(=O)NCC(C)C)cc1. The highest BCUT2D eigenvalue weighted by Gasteiger charge is 2.30. The van der Waals surface area contributed by atoms with E-state index in [4.69, 9.17) is 0 Å². The first-order chi connectivity index (χ1) is 15.4. The van der Waals surface area contributed by atoms with Crippen molar-refractivity contribution in [1.29, 1.82) is 0 Å². The minimum Gasteiger partial charge on any atom is -0.354 e. The molecule has 7 nitrogen and oxygen atoms in total. The molecule has 0 fully saturated rings. The molecule has 2 aromatic rings. The Balaban J connectivity index is 2.35. The number of benzene rings is 2. The molecule has 0 bridgehead atoms. The van der Waals surface area contributed by atoms with E-state index in [1.54, 1.807) is 6.92 Å². The first-order valence-electron chi connectivity index (χ1n) is 10.7. The summed E-state index contributed by atoms with van der Waals surface area (Å²) in [5.74, 6) is -1.29. The molecule has 2 aromatic carbocycles. The van der Waals surface area contributed by atoms with E-state index in [1.807, 2.05) is 45.0 Å². The second kappa shape index (κ2) is 11.3. The third kappa shape index (κ3) is 7.85. The number of nitrogens with zero attached hydrogens (tertiary/aromatic N) is 2. The van der Waals surface area contributed by atoms with Gasteiger partial charge in [-0.15, -0.1) is 0 Å². The molecule has 0 heterocycles. The summed E-state index contributed by atoms with van der Waals surface area (Å²) < 4.78 is 39.5. The molecule has 0 radical (unpaired) electrons. The van der Waals surface area contributed by atoms with Gasteiger partial charge in [-0.3, -0.25) is 13.9 Å². The number of carbonyl (C=O) groups is 2. The lowest BCUT2D eigenvalue weighted by atomic mass is 10.1. The highest BCUT2D eigenvalue weighted by Crippen LogP contribution is 2.20. The van der Waals surface area contributed by atoms with Gasteiger partial charge in [0, 0.05) is 13.1 Å². The van der Waals surface area contributed by atoms with E-state index in [0.29, 0.717) is 6.54 Å². The van der Waals surface area contributed by atoms with Crippen molar-refractivity contribution >= 4 is 27.5 Å². The van der Waals surface area contributed by atoms with Gasteiger partial charge < -0.3 is 10.2 Å². The van der Waals surface area contributed by atoms with Crippen molar-refractivity contribution in [3.63, 3.8) is 0 Å². The molecular formula is C24H32FN3O4S. The van der Waals surface area contributed by atoms with Gasteiger partial charge in [-0.2, -0.15) is 0 Å². The van der Waals surface area contributed by atoms with Crippen LogP contribution in [0.1, 0.15) is 31.9 Å². The molecule has 2 amide bonds. The largest absolute Gasteiger partial charge is 0.354 e. The van der Waals surface area contributed by atoms with E-state index < -0.39 is 34.3 Å². The molecule has 0 spiro atoms. The van der Waals surface area contributed by atoms with Gasteiger partial charge in [-0.1, -0.05) is 49.7 Å². The second-order valence-corrected chi connectivity index (χ2v) is 10.5. The Labute approximate surface area is 195 Å². The third-order valence-corrected chi connectivity index (χ3v) is 6.24. The van der Waals surface area contributed by atoms with E-state index in [0.717, 1.165) is 27.8 Å². The summed E-state index contributed by atoms with van der Waals surface area (Å²) in [5, 5.41) is 2.82. The van der Waals surface area contributed by atoms with Gasteiger partial charge >= 0.3 is 0 Å². The quantitative estimate of drug-likeness (QED) is 0.570. The fraction of sp³-hybridized carbons (Fsp3) is 0.417. The van der Waals surface area contributed by atoms with Crippen LogP contribution in [0.15, 0.2) is 48.5 Å². The maximum absolute atomic E-state index is 13.7. The topological polar surface area (TPSA) is 86.8 Å². The van der Waals surface area contributed by atoms with E-state index in [2.05, 4.69) is 5.32 Å². The maximum atomic E-state index is 13.7. The maximum Gasteiger partial charge on any atom is 0.244 e. The monoisotopic (exact) mass is 477 g/mol. The van der Waals surface area contributed by atoms with Crippen LogP contribution in [0.2, 0.25) is 0 Å². The standard InChI is InChI=1S/C24H32FN3O4S/c1-17(2)14-26-24(30)19(4)27(15-20-11-9-18(3)10-12-20)23(29)16-28(33(5,31)32)22-8-6-7-21(25)13-22/h6-13,17,19H,14-16H2,1-5H3,(H,26,30). The van der Waals surface area contributed by atoms with Crippen molar-refractivity contribution in [3.8, 4) is 0 Å². The fourth-order valence-electron chi connectivity index (χ4n) is 3.17. The second-order valence-electron chi connectivity index (χ2n) is 8.57. The average molecular weight is 478 g/mol. The van der Waals surface area contributed by atoms with Crippen LogP contribution in [0.25, 0.3) is 0 Å². The lowest BCUT2D eigenvalue weighted by Crippen LogP contribution is -2.51. The van der Waals surface area contributed by atoms with Crippen molar-refractivity contribution in [2.45, 2.75) is 40.3 Å². The normalized spacial score (nSPS) is 12.3. The summed E-state index contributed by atoms with van der Waals surface area (Å²) in [6.07, 6.45) is 0.953. The van der Waals surface area contributed by atoms with E-state index in [-0.39, 0.29) is 24.1 Å². The van der Waals surface area contributed by atoms with Crippen LogP contribution in [0.3, 0.4) is 0 Å². The fourth-order valence-corrected chi connectivity index (χ4v) is 4.01. The summed E-state index contributed by atoms with van der Waals surface area (Å²) in [6.45, 7) is 7.49. The van der Waals surface area contributed by atoms with Crippen LogP contribution in [0.4, 0.5) is 10.1 Å². The van der Waals surface area contributed by atoms with Gasteiger partial charge in [0.05, 0.1) is 11.9 Å². The smallest absolute Gasteiger partial charge is 0.244 e. The molecule has 0 aliphatic rings. The van der Waals surface area contributed by atoms with Gasteiger partial charge in [0.15, 0.2) is 0 Å². The Morgan fingerprint density at radius 2 is 1.70 bits per heavy atom. The van der Waals surface area contributed by atoms with Gasteiger partial charge in [-0.05, 0) is 43.5 Å². The number of nitrogens with one attached hydrogen (secondary N) is 1. The molecule has 9 heteroatoms. The van der Waals surface area contributed by atoms with Crippen molar-refractivity contribution in [3.05, 3.63) is 65.5 Å². The molecule has 0 saturated carbocycles. The first kappa shape index (κ1) is 26.3. The van der Waals surface area contributed by atoms with Crippen LogP contribution in [-0.2, 0) is 26.2 Å². The van der Waals surface area contributed by atoms with Gasteiger partial charge in [0.1, 0.15) is 18.4 Å². The van der Waals surface area contributed by atoms with Crippen LogP contribution in [-0.4, -0.2) is 50.5 Å². The molecule has 0 saturated heterocycles. The lowest BCUT2D eigenvalue weighted by molar-refractivity contribution is -0.139. The molecule has 1 N–H and O–H groups in total. The van der Waals surface area contributed by atoms with Crippen molar-refractivity contribution < 1.29 is 22.4 Å². The molecule has 180 valence electrons. The summed E-state index contributed by atoms with van der Waals surface area (Å²) >= 11 is 0. The minimum atomic E-state index is -3.89. The summed E-state index contributed by atoms with van der Waals surface area (Å²) in [4.78, 5) is 27.5. The number of rotatable bonds is 10. The highest BCUT2D eigenvalue weighted by atomic mass is 32.2. The van der Waals surface area contributed by atoms with Crippen molar-refractivity contribution in [1.82, 2.24) is 10.2 Å². The molecule has 0 aromatic heterocycles. The first-order valence-corrected chi connectivity index (χ1v) is 12.6. The Morgan fingerprint density at radius 3 is 2.24 bits per heavy atom.